The Bertz CT molecular complexity index is 935. The summed E-state index contributed by atoms with van der Waals surface area (Å²) in [5.74, 6) is -0.402. The minimum absolute atomic E-state index is 0.111. The average Bonchev–Trinajstić information content (AvgIpc) is 2.68. The molecule has 0 saturated heterocycles. The van der Waals surface area contributed by atoms with E-state index in [2.05, 4.69) is 20.8 Å². The second kappa shape index (κ2) is 8.39. The molecule has 1 amide bonds. The van der Waals surface area contributed by atoms with Crippen molar-refractivity contribution in [1.29, 1.82) is 0 Å². The van der Waals surface area contributed by atoms with Gasteiger partial charge < -0.3 is 4.74 Å². The summed E-state index contributed by atoms with van der Waals surface area (Å²) in [7, 11) is 0. The molecule has 3 aromatic rings. The molecular weight excluding hydrogens is 350 g/mol. The predicted molar refractivity (Wildman–Crippen MR) is 97.1 cm³/mol. The zero-order chi connectivity index (χ0) is 19.1. The Morgan fingerprint density at radius 1 is 1.04 bits per heavy atom. The molecule has 136 valence electrons. The van der Waals surface area contributed by atoms with Crippen molar-refractivity contribution >= 4 is 17.4 Å². The van der Waals surface area contributed by atoms with Gasteiger partial charge in [-0.25, -0.2) is 4.98 Å². The molecule has 3 rings (SSSR count). The molecule has 1 heterocycles. The number of carbonyl (C=O) groups excluding carboxylic acids is 1. The largest absolute Gasteiger partial charge is 0.434 e. The molecule has 0 aliphatic carbocycles. The number of nitrogens with one attached hydrogen (secondary N) is 2. The van der Waals surface area contributed by atoms with Crippen LogP contribution in [-0.2, 0) is 11.2 Å². The monoisotopic (exact) mass is 365 g/mol. The van der Waals surface area contributed by atoms with Gasteiger partial charge in [0.25, 0.3) is 0 Å². The van der Waals surface area contributed by atoms with E-state index in [4.69, 9.17) is 4.74 Å². The van der Waals surface area contributed by atoms with Crippen LogP contribution in [0.4, 0.5) is 11.5 Å². The van der Waals surface area contributed by atoms with E-state index in [0.717, 1.165) is 11.9 Å². The summed E-state index contributed by atoms with van der Waals surface area (Å²) in [4.78, 5) is 30.5. The van der Waals surface area contributed by atoms with Gasteiger partial charge in [-0.15, -0.1) is 0 Å². The molecule has 9 heteroatoms. The number of hydrogen-bond acceptors (Lipinski definition) is 7. The number of anilines is 1. The van der Waals surface area contributed by atoms with Gasteiger partial charge in [0.05, 0.1) is 11.3 Å². The van der Waals surface area contributed by atoms with E-state index >= 15 is 0 Å². The molecule has 0 saturated carbocycles. The van der Waals surface area contributed by atoms with Crippen molar-refractivity contribution in [2.45, 2.75) is 6.42 Å². The van der Waals surface area contributed by atoms with Gasteiger partial charge in [0, 0.05) is 0 Å². The predicted octanol–water partition coefficient (Wildman–Crippen LogP) is 2.86. The fraction of sp³-hybridized carbons (Fsp3) is 0.0556. The standard InChI is InChI=1S/C18H15N5O4/c24-15(11-13-7-3-1-4-8-13)21-22-17-16(23(25)26)18(20-12-19-17)27-14-9-5-2-6-10-14/h1-10,12H,11H2,(H,21,24)(H,19,20,22). The highest BCUT2D eigenvalue weighted by Gasteiger charge is 2.25. The number of benzene rings is 2. The highest BCUT2D eigenvalue weighted by atomic mass is 16.6. The quantitative estimate of drug-likeness (QED) is 0.488. The van der Waals surface area contributed by atoms with Crippen molar-refractivity contribution in [3.63, 3.8) is 0 Å². The van der Waals surface area contributed by atoms with Gasteiger partial charge in [-0.2, -0.15) is 4.98 Å². The van der Waals surface area contributed by atoms with Gasteiger partial charge in [0.1, 0.15) is 12.1 Å². The Labute approximate surface area is 154 Å². The van der Waals surface area contributed by atoms with Crippen molar-refractivity contribution in [1.82, 2.24) is 15.4 Å². The maximum Gasteiger partial charge on any atom is 0.374 e. The number of nitrogens with zero attached hydrogens (tertiary/aromatic N) is 3. The van der Waals surface area contributed by atoms with Gasteiger partial charge in [0.15, 0.2) is 0 Å². The smallest absolute Gasteiger partial charge is 0.374 e. The first kappa shape index (κ1) is 17.8. The second-order valence-electron chi connectivity index (χ2n) is 5.38. The van der Waals surface area contributed by atoms with Gasteiger partial charge >= 0.3 is 11.6 Å². The third-order valence-corrected chi connectivity index (χ3v) is 3.46. The number of ether oxygens (including phenoxy) is 1. The Hall–Kier alpha value is -4.01. The van der Waals surface area contributed by atoms with Crippen LogP contribution in [0.3, 0.4) is 0 Å². The van der Waals surface area contributed by atoms with Crippen LogP contribution in [0.25, 0.3) is 0 Å². The van der Waals surface area contributed by atoms with E-state index in [9.17, 15) is 14.9 Å². The summed E-state index contributed by atoms with van der Waals surface area (Å²) in [6, 6.07) is 17.6. The summed E-state index contributed by atoms with van der Waals surface area (Å²) in [6.07, 6.45) is 1.22. The van der Waals surface area contributed by atoms with Crippen molar-refractivity contribution < 1.29 is 14.5 Å². The van der Waals surface area contributed by atoms with E-state index in [-0.39, 0.29) is 24.0 Å². The molecule has 0 aliphatic rings. The summed E-state index contributed by atoms with van der Waals surface area (Å²) in [5, 5.41) is 11.5. The molecule has 0 aliphatic heterocycles. The van der Waals surface area contributed by atoms with Crippen molar-refractivity contribution in [2.75, 3.05) is 5.43 Å². The first-order valence-corrected chi connectivity index (χ1v) is 7.94. The van der Waals surface area contributed by atoms with Crippen LogP contribution in [0.5, 0.6) is 11.6 Å². The molecule has 2 N–H and O–H groups in total. The first-order chi connectivity index (χ1) is 13.1. The minimum atomic E-state index is -0.677. The summed E-state index contributed by atoms with van der Waals surface area (Å²) < 4.78 is 5.47. The van der Waals surface area contributed by atoms with Crippen LogP contribution in [-0.4, -0.2) is 20.8 Å². The number of rotatable bonds is 7. The maximum atomic E-state index is 12.0. The van der Waals surface area contributed by atoms with Crippen molar-refractivity contribution in [2.24, 2.45) is 0 Å². The molecule has 27 heavy (non-hydrogen) atoms. The van der Waals surface area contributed by atoms with E-state index < -0.39 is 10.6 Å². The number of aromatic nitrogens is 2. The summed E-state index contributed by atoms with van der Waals surface area (Å²) >= 11 is 0. The fourth-order valence-corrected chi connectivity index (χ4v) is 2.25. The third kappa shape index (κ3) is 4.75. The average molecular weight is 365 g/mol. The molecule has 0 spiro atoms. The summed E-state index contributed by atoms with van der Waals surface area (Å²) in [5.41, 5.74) is 5.19. The zero-order valence-corrected chi connectivity index (χ0v) is 14.0. The van der Waals surface area contributed by atoms with Crippen LogP contribution >= 0.6 is 0 Å². The van der Waals surface area contributed by atoms with E-state index in [1.807, 2.05) is 18.2 Å². The lowest BCUT2D eigenvalue weighted by Crippen LogP contribution is -2.31. The minimum Gasteiger partial charge on any atom is -0.434 e. The molecule has 9 nitrogen and oxygen atoms in total. The highest BCUT2D eigenvalue weighted by molar-refractivity contribution is 5.80. The van der Waals surface area contributed by atoms with Gasteiger partial charge in [-0.05, 0) is 17.7 Å². The molecular formula is C18H15N5O4. The lowest BCUT2D eigenvalue weighted by atomic mass is 10.1. The Balaban J connectivity index is 1.74. The van der Waals surface area contributed by atoms with Crippen LogP contribution in [0.1, 0.15) is 5.56 Å². The van der Waals surface area contributed by atoms with Crippen LogP contribution in [0.2, 0.25) is 0 Å². The number of amides is 1. The lowest BCUT2D eigenvalue weighted by molar-refractivity contribution is -0.385. The van der Waals surface area contributed by atoms with Crippen molar-refractivity contribution in [3.8, 4) is 11.6 Å². The van der Waals surface area contributed by atoms with E-state index in [0.29, 0.717) is 5.75 Å². The number of nitro groups is 1. The van der Waals surface area contributed by atoms with Crippen LogP contribution < -0.4 is 15.6 Å². The molecule has 1 aromatic heterocycles. The Morgan fingerprint density at radius 2 is 1.70 bits per heavy atom. The topological polar surface area (TPSA) is 119 Å². The Kier molecular flexibility index (Phi) is 5.53. The lowest BCUT2D eigenvalue weighted by Gasteiger charge is -2.10. The number of carbonyl (C=O) groups is 1. The number of hydrogen-bond donors (Lipinski definition) is 2. The van der Waals surface area contributed by atoms with Gasteiger partial charge in [-0.3, -0.25) is 25.8 Å². The molecule has 0 unspecified atom stereocenters. The normalized spacial score (nSPS) is 10.1. The second-order valence-corrected chi connectivity index (χ2v) is 5.38. The number of para-hydroxylation sites is 1. The van der Waals surface area contributed by atoms with Crippen LogP contribution in [0, 0.1) is 10.1 Å². The highest BCUT2D eigenvalue weighted by Crippen LogP contribution is 2.33. The summed E-state index contributed by atoms with van der Waals surface area (Å²) in [6.45, 7) is 0. The molecule has 0 bridgehead atoms. The molecule has 0 fully saturated rings. The molecule has 0 atom stereocenters. The van der Waals surface area contributed by atoms with Gasteiger partial charge in [-0.1, -0.05) is 48.5 Å². The molecule has 0 radical (unpaired) electrons. The third-order valence-electron chi connectivity index (χ3n) is 3.46. The first-order valence-electron chi connectivity index (χ1n) is 7.94. The fourth-order valence-electron chi connectivity index (χ4n) is 2.25. The zero-order valence-electron chi connectivity index (χ0n) is 14.0. The van der Waals surface area contributed by atoms with E-state index in [1.165, 1.54) is 0 Å². The van der Waals surface area contributed by atoms with Gasteiger partial charge in [0.2, 0.25) is 11.7 Å². The molecule has 2 aromatic carbocycles. The maximum absolute atomic E-state index is 12.0. The van der Waals surface area contributed by atoms with Crippen LogP contribution in [0.15, 0.2) is 67.0 Å². The Morgan fingerprint density at radius 3 is 2.37 bits per heavy atom. The van der Waals surface area contributed by atoms with Crippen molar-refractivity contribution in [3.05, 3.63) is 82.7 Å². The van der Waals surface area contributed by atoms with E-state index in [1.54, 1.807) is 42.5 Å². The SMILES string of the molecule is O=C(Cc1ccccc1)NNc1ncnc(Oc2ccccc2)c1[N+](=O)[O-]. The number of hydrazine groups is 1.